The molecule has 6 heteroatoms. The Morgan fingerprint density at radius 1 is 1.16 bits per heavy atom. The van der Waals surface area contributed by atoms with Gasteiger partial charge in [0.2, 0.25) is 0 Å². The molecule has 3 heterocycles. The third-order valence-electron chi connectivity index (χ3n) is 7.21. The molecule has 0 spiro atoms. The van der Waals surface area contributed by atoms with E-state index >= 15 is 0 Å². The Morgan fingerprint density at radius 3 is 2.78 bits per heavy atom. The van der Waals surface area contributed by atoms with Crippen LogP contribution in [0.3, 0.4) is 0 Å². The van der Waals surface area contributed by atoms with Crippen LogP contribution in [0.4, 0.5) is 4.39 Å². The molecule has 1 N–H and O–H groups in total. The molecule has 2 fully saturated rings. The van der Waals surface area contributed by atoms with Gasteiger partial charge in [-0.15, -0.1) is 0 Å². The Labute approximate surface area is 189 Å². The Bertz CT molecular complexity index is 948. The van der Waals surface area contributed by atoms with Gasteiger partial charge >= 0.3 is 0 Å². The van der Waals surface area contributed by atoms with Crippen molar-refractivity contribution < 1.29 is 13.9 Å². The van der Waals surface area contributed by atoms with Crippen LogP contribution in [0, 0.1) is 5.82 Å². The van der Waals surface area contributed by atoms with Crippen LogP contribution in [0.2, 0.25) is 0 Å². The van der Waals surface area contributed by atoms with Gasteiger partial charge in [-0.2, -0.15) is 0 Å². The van der Waals surface area contributed by atoms with Gasteiger partial charge in [0.25, 0.3) is 5.91 Å². The summed E-state index contributed by atoms with van der Waals surface area (Å²) in [7, 11) is 0. The second-order valence-corrected chi connectivity index (χ2v) is 9.16. The fraction of sp³-hybridized carbons (Fsp3) is 0.500. The summed E-state index contributed by atoms with van der Waals surface area (Å²) in [4.78, 5) is 18.2. The van der Waals surface area contributed by atoms with E-state index in [1.54, 1.807) is 12.1 Å². The number of carbonyl (C=O) groups is 1. The van der Waals surface area contributed by atoms with Crippen LogP contribution in [-0.2, 0) is 16.0 Å². The SMILES string of the molecule is CCCN1CCN[C@H]2C[C@H](C(=O)N3CCc4ccccc4[C@@H]3c3ccc(F)cc3)OC[C@H]21. The molecule has 32 heavy (non-hydrogen) atoms. The summed E-state index contributed by atoms with van der Waals surface area (Å²) in [6, 6.07) is 15.2. The number of hydrogen-bond donors (Lipinski definition) is 1. The lowest BCUT2D eigenvalue weighted by Gasteiger charge is -2.47. The Balaban J connectivity index is 1.39. The minimum atomic E-state index is -0.446. The number of halogens is 1. The van der Waals surface area contributed by atoms with Crippen LogP contribution in [0.1, 0.15) is 42.5 Å². The smallest absolute Gasteiger partial charge is 0.252 e. The summed E-state index contributed by atoms with van der Waals surface area (Å²) in [6.07, 6.45) is 2.19. The fourth-order valence-corrected chi connectivity index (χ4v) is 5.66. The highest BCUT2D eigenvalue weighted by atomic mass is 19.1. The number of carbonyl (C=O) groups excluding carboxylic acids is 1. The van der Waals surface area contributed by atoms with Crippen LogP contribution < -0.4 is 5.32 Å². The van der Waals surface area contributed by atoms with E-state index < -0.39 is 6.10 Å². The zero-order chi connectivity index (χ0) is 22.1. The van der Waals surface area contributed by atoms with E-state index in [1.807, 2.05) is 17.0 Å². The van der Waals surface area contributed by atoms with Crippen molar-refractivity contribution in [2.75, 3.05) is 32.8 Å². The molecule has 0 bridgehead atoms. The van der Waals surface area contributed by atoms with E-state index in [0.717, 1.165) is 43.6 Å². The number of nitrogens with zero attached hydrogens (tertiary/aromatic N) is 2. The molecule has 4 atom stereocenters. The van der Waals surface area contributed by atoms with Crippen molar-refractivity contribution in [2.24, 2.45) is 0 Å². The monoisotopic (exact) mass is 437 g/mol. The molecule has 0 aromatic heterocycles. The summed E-state index contributed by atoms with van der Waals surface area (Å²) >= 11 is 0. The maximum Gasteiger partial charge on any atom is 0.252 e. The lowest BCUT2D eigenvalue weighted by Crippen LogP contribution is -2.64. The van der Waals surface area contributed by atoms with Gasteiger partial charge < -0.3 is 15.0 Å². The first kappa shape index (κ1) is 21.6. The van der Waals surface area contributed by atoms with Crippen molar-refractivity contribution in [1.29, 1.82) is 0 Å². The molecule has 5 nitrogen and oxygen atoms in total. The maximum absolute atomic E-state index is 13.8. The average Bonchev–Trinajstić information content (AvgIpc) is 2.83. The van der Waals surface area contributed by atoms with Gasteiger partial charge in [0.1, 0.15) is 11.9 Å². The number of piperazine rings is 1. The molecule has 1 amide bonds. The highest BCUT2D eigenvalue weighted by Gasteiger charge is 2.42. The van der Waals surface area contributed by atoms with Gasteiger partial charge in [-0.1, -0.05) is 43.3 Å². The molecular formula is C26H32FN3O2. The second kappa shape index (κ2) is 9.30. The number of hydrogen-bond acceptors (Lipinski definition) is 4. The minimum absolute atomic E-state index is 0.0432. The Hall–Kier alpha value is -2.28. The molecule has 5 rings (SSSR count). The predicted octanol–water partition coefficient (Wildman–Crippen LogP) is 3.14. The normalized spacial score (nSPS) is 28.1. The molecule has 170 valence electrons. The van der Waals surface area contributed by atoms with Crippen molar-refractivity contribution in [3.8, 4) is 0 Å². The van der Waals surface area contributed by atoms with Gasteiger partial charge in [-0.25, -0.2) is 4.39 Å². The number of benzene rings is 2. The standard InChI is InChI=1S/C26H32FN3O2/c1-2-13-29-15-12-28-22-16-24(32-17-23(22)29)26(31)30-14-11-18-5-3-4-6-21(18)25(30)19-7-9-20(27)10-8-19/h3-10,22-25,28H,2,11-17H2,1H3/t22-,23+,24+,25-/m0/s1. The number of ether oxygens (including phenoxy) is 1. The molecule has 0 saturated carbocycles. The summed E-state index contributed by atoms with van der Waals surface area (Å²) in [5.41, 5.74) is 3.31. The molecule has 3 aliphatic heterocycles. The first-order chi connectivity index (χ1) is 15.7. The van der Waals surface area contributed by atoms with Crippen LogP contribution in [0.25, 0.3) is 0 Å². The van der Waals surface area contributed by atoms with Crippen LogP contribution in [0.15, 0.2) is 48.5 Å². The average molecular weight is 438 g/mol. The predicted molar refractivity (Wildman–Crippen MR) is 122 cm³/mol. The molecule has 0 unspecified atom stereocenters. The van der Waals surface area contributed by atoms with Crippen molar-refractivity contribution in [2.45, 2.75) is 50.4 Å². The van der Waals surface area contributed by atoms with E-state index in [-0.39, 0.29) is 23.8 Å². The largest absolute Gasteiger partial charge is 0.367 e. The quantitative estimate of drug-likeness (QED) is 0.798. The van der Waals surface area contributed by atoms with E-state index in [1.165, 1.54) is 17.7 Å². The lowest BCUT2D eigenvalue weighted by molar-refractivity contribution is -0.154. The first-order valence-corrected chi connectivity index (χ1v) is 11.9. The number of fused-ring (bicyclic) bond motifs is 2. The van der Waals surface area contributed by atoms with Crippen molar-refractivity contribution >= 4 is 5.91 Å². The Kier molecular flexibility index (Phi) is 6.26. The van der Waals surface area contributed by atoms with Crippen molar-refractivity contribution in [1.82, 2.24) is 15.1 Å². The van der Waals surface area contributed by atoms with Crippen LogP contribution in [0.5, 0.6) is 0 Å². The Morgan fingerprint density at radius 2 is 1.97 bits per heavy atom. The third kappa shape index (κ3) is 4.07. The third-order valence-corrected chi connectivity index (χ3v) is 7.21. The number of amides is 1. The number of rotatable bonds is 4. The van der Waals surface area contributed by atoms with E-state index in [2.05, 4.69) is 29.3 Å². The molecule has 2 aromatic carbocycles. The van der Waals surface area contributed by atoms with Gasteiger partial charge in [0, 0.05) is 31.7 Å². The summed E-state index contributed by atoms with van der Waals surface area (Å²) in [5, 5.41) is 3.63. The molecular weight excluding hydrogens is 405 g/mol. The van der Waals surface area contributed by atoms with Gasteiger partial charge in [0.05, 0.1) is 12.6 Å². The first-order valence-electron chi connectivity index (χ1n) is 11.9. The minimum Gasteiger partial charge on any atom is -0.367 e. The maximum atomic E-state index is 13.8. The highest BCUT2D eigenvalue weighted by molar-refractivity contribution is 5.82. The zero-order valence-electron chi connectivity index (χ0n) is 18.7. The molecule has 3 aliphatic rings. The molecule has 0 aliphatic carbocycles. The summed E-state index contributed by atoms with van der Waals surface area (Å²) < 4.78 is 19.8. The molecule has 0 radical (unpaired) electrons. The van der Waals surface area contributed by atoms with E-state index in [4.69, 9.17) is 4.74 Å². The lowest BCUT2D eigenvalue weighted by atomic mass is 9.87. The van der Waals surface area contributed by atoms with Gasteiger partial charge in [-0.3, -0.25) is 9.69 Å². The molecule has 2 aromatic rings. The van der Waals surface area contributed by atoms with Gasteiger partial charge in [-0.05, 0) is 54.6 Å². The fourth-order valence-electron chi connectivity index (χ4n) is 5.66. The summed E-state index contributed by atoms with van der Waals surface area (Å²) in [6.45, 7) is 6.49. The van der Waals surface area contributed by atoms with Crippen molar-refractivity contribution in [3.05, 3.63) is 71.0 Å². The highest BCUT2D eigenvalue weighted by Crippen LogP contribution is 2.36. The van der Waals surface area contributed by atoms with Crippen molar-refractivity contribution in [3.63, 3.8) is 0 Å². The topological polar surface area (TPSA) is 44.8 Å². The van der Waals surface area contributed by atoms with E-state index in [0.29, 0.717) is 25.6 Å². The van der Waals surface area contributed by atoms with Crippen LogP contribution in [-0.4, -0.2) is 66.7 Å². The van der Waals surface area contributed by atoms with Crippen LogP contribution >= 0.6 is 0 Å². The van der Waals surface area contributed by atoms with E-state index in [9.17, 15) is 9.18 Å². The van der Waals surface area contributed by atoms with Gasteiger partial charge in [0.15, 0.2) is 0 Å². The second-order valence-electron chi connectivity index (χ2n) is 9.16. The number of nitrogens with one attached hydrogen (secondary N) is 1. The zero-order valence-corrected chi connectivity index (χ0v) is 18.7. The molecule has 2 saturated heterocycles. The summed E-state index contributed by atoms with van der Waals surface area (Å²) in [5.74, 6) is -0.223.